The predicted molar refractivity (Wildman–Crippen MR) is 109 cm³/mol. The highest BCUT2D eigenvalue weighted by molar-refractivity contribution is 7.08. The maximum absolute atomic E-state index is 12.6. The molecule has 6 nitrogen and oxygen atoms in total. The number of ether oxygens (including phenoxy) is 2. The summed E-state index contributed by atoms with van der Waals surface area (Å²) in [5.41, 5.74) is 1.47. The van der Waals surface area contributed by atoms with Gasteiger partial charge in [0.15, 0.2) is 0 Å². The fourth-order valence-electron chi connectivity index (χ4n) is 4.39. The summed E-state index contributed by atoms with van der Waals surface area (Å²) in [5, 5.41) is 14.6. The molecule has 4 rings (SSSR count). The molecule has 1 aromatic carbocycles. The van der Waals surface area contributed by atoms with Crippen LogP contribution in [0.3, 0.4) is 0 Å². The Hall–Kier alpha value is -2.38. The topological polar surface area (TPSA) is 76.1 Å². The van der Waals surface area contributed by atoms with Gasteiger partial charge in [-0.3, -0.25) is 4.79 Å². The second-order valence-corrected chi connectivity index (χ2v) is 8.62. The number of hydrogen-bond acceptors (Lipinski definition) is 6. The standard InChI is InChI=1S/C22H25NO5S/c1-27-22(26)15-3-2-4-18(8-15)28-20-10-17-12-23(11-16(17)9-19(20)24)21(25)7-14-5-6-29-13-14/h2-6,8,13,16-17,19-20,24H,7,9-12H2,1H3/t16-,17+,19+,20+/m0/s1. The van der Waals surface area contributed by atoms with Crippen molar-refractivity contribution >= 4 is 23.2 Å². The van der Waals surface area contributed by atoms with Crippen LogP contribution in [0.25, 0.3) is 0 Å². The molecule has 29 heavy (non-hydrogen) atoms. The molecule has 0 spiro atoms. The van der Waals surface area contributed by atoms with Gasteiger partial charge in [0.05, 0.1) is 25.2 Å². The van der Waals surface area contributed by atoms with E-state index >= 15 is 0 Å². The fraction of sp³-hybridized carbons (Fsp3) is 0.455. The Kier molecular flexibility index (Phi) is 5.87. The summed E-state index contributed by atoms with van der Waals surface area (Å²) >= 11 is 1.60. The number of aliphatic hydroxyl groups excluding tert-OH is 1. The molecule has 2 fully saturated rings. The molecule has 0 unspecified atom stereocenters. The molecule has 1 saturated carbocycles. The molecule has 0 bridgehead atoms. The Morgan fingerprint density at radius 3 is 2.72 bits per heavy atom. The van der Waals surface area contributed by atoms with E-state index in [1.807, 2.05) is 21.7 Å². The summed E-state index contributed by atoms with van der Waals surface area (Å²) in [6.45, 7) is 1.41. The summed E-state index contributed by atoms with van der Waals surface area (Å²) in [7, 11) is 1.34. The van der Waals surface area contributed by atoms with Crippen molar-refractivity contribution in [3.63, 3.8) is 0 Å². The van der Waals surface area contributed by atoms with Gasteiger partial charge in [-0.2, -0.15) is 11.3 Å². The number of amides is 1. The zero-order chi connectivity index (χ0) is 20.4. The minimum absolute atomic E-state index is 0.149. The van der Waals surface area contributed by atoms with Crippen LogP contribution in [-0.2, 0) is 16.0 Å². The molecule has 1 amide bonds. The van der Waals surface area contributed by atoms with Crippen molar-refractivity contribution in [3.8, 4) is 5.75 Å². The number of methoxy groups -OCH3 is 1. The minimum Gasteiger partial charge on any atom is -0.488 e. The van der Waals surface area contributed by atoms with Gasteiger partial charge in [-0.25, -0.2) is 4.79 Å². The van der Waals surface area contributed by atoms with Gasteiger partial charge in [0.25, 0.3) is 0 Å². The third-order valence-electron chi connectivity index (χ3n) is 5.92. The Balaban J connectivity index is 1.38. The van der Waals surface area contributed by atoms with E-state index in [1.54, 1.807) is 35.6 Å². The van der Waals surface area contributed by atoms with Gasteiger partial charge < -0.3 is 19.5 Å². The van der Waals surface area contributed by atoms with Crippen LogP contribution < -0.4 is 4.74 Å². The first-order valence-electron chi connectivity index (χ1n) is 9.85. The molecule has 1 N–H and O–H groups in total. The highest BCUT2D eigenvalue weighted by Crippen LogP contribution is 2.38. The molecule has 0 radical (unpaired) electrons. The summed E-state index contributed by atoms with van der Waals surface area (Å²) < 4.78 is 10.8. The molecule has 1 aliphatic carbocycles. The first-order valence-corrected chi connectivity index (χ1v) is 10.8. The number of nitrogens with zero attached hydrogens (tertiary/aromatic N) is 1. The summed E-state index contributed by atoms with van der Waals surface area (Å²) in [4.78, 5) is 26.3. The number of carbonyl (C=O) groups excluding carboxylic acids is 2. The molecule has 2 aromatic rings. The quantitative estimate of drug-likeness (QED) is 0.760. The molecule has 1 aromatic heterocycles. The van der Waals surface area contributed by atoms with Crippen molar-refractivity contribution in [1.82, 2.24) is 4.90 Å². The fourth-order valence-corrected chi connectivity index (χ4v) is 5.06. The van der Waals surface area contributed by atoms with Crippen LogP contribution in [0.15, 0.2) is 41.1 Å². The Morgan fingerprint density at radius 2 is 2.00 bits per heavy atom. The molecule has 2 aliphatic rings. The Morgan fingerprint density at radius 1 is 1.21 bits per heavy atom. The first-order chi connectivity index (χ1) is 14.0. The van der Waals surface area contributed by atoms with E-state index in [0.717, 1.165) is 5.56 Å². The van der Waals surface area contributed by atoms with Gasteiger partial charge in [-0.15, -0.1) is 0 Å². The van der Waals surface area contributed by atoms with E-state index in [-0.39, 0.29) is 12.0 Å². The third-order valence-corrected chi connectivity index (χ3v) is 6.65. The van der Waals surface area contributed by atoms with E-state index in [0.29, 0.717) is 55.5 Å². The van der Waals surface area contributed by atoms with Gasteiger partial charge in [0.1, 0.15) is 11.9 Å². The number of aliphatic hydroxyl groups is 1. The van der Waals surface area contributed by atoms with Crippen molar-refractivity contribution in [1.29, 1.82) is 0 Å². The molecular weight excluding hydrogens is 390 g/mol. The van der Waals surface area contributed by atoms with E-state index in [2.05, 4.69) is 0 Å². The highest BCUT2D eigenvalue weighted by atomic mass is 32.1. The van der Waals surface area contributed by atoms with Gasteiger partial charge >= 0.3 is 5.97 Å². The van der Waals surface area contributed by atoms with E-state index in [1.165, 1.54) is 7.11 Å². The monoisotopic (exact) mass is 415 g/mol. The summed E-state index contributed by atoms with van der Waals surface area (Å²) in [5.74, 6) is 0.890. The zero-order valence-corrected chi connectivity index (χ0v) is 17.1. The number of likely N-dealkylation sites (tertiary alicyclic amines) is 1. The van der Waals surface area contributed by atoms with Gasteiger partial charge in [0.2, 0.25) is 5.91 Å². The third kappa shape index (κ3) is 4.46. The SMILES string of the molecule is COC(=O)c1cccc(O[C@@H]2C[C@@H]3CN(C(=O)Cc4ccsc4)C[C@@H]3C[C@H]2O)c1. The van der Waals surface area contributed by atoms with Crippen LogP contribution in [0.1, 0.15) is 28.8 Å². The second kappa shape index (κ2) is 8.55. The van der Waals surface area contributed by atoms with Crippen molar-refractivity contribution < 1.29 is 24.2 Å². The number of rotatable bonds is 5. The molecule has 2 heterocycles. The minimum atomic E-state index is -0.593. The second-order valence-electron chi connectivity index (χ2n) is 7.84. The van der Waals surface area contributed by atoms with E-state index in [9.17, 15) is 14.7 Å². The number of fused-ring (bicyclic) bond motifs is 1. The maximum atomic E-state index is 12.6. The van der Waals surface area contributed by atoms with Crippen molar-refractivity contribution in [2.45, 2.75) is 31.5 Å². The first kappa shape index (κ1) is 19.9. The van der Waals surface area contributed by atoms with E-state index < -0.39 is 12.1 Å². The highest BCUT2D eigenvalue weighted by Gasteiger charge is 2.43. The number of benzene rings is 1. The molecule has 1 aliphatic heterocycles. The molecule has 7 heteroatoms. The number of thiophene rings is 1. The van der Waals surface area contributed by atoms with Crippen LogP contribution in [-0.4, -0.2) is 54.3 Å². The average molecular weight is 416 g/mol. The largest absolute Gasteiger partial charge is 0.488 e. The lowest BCUT2D eigenvalue weighted by Gasteiger charge is -2.35. The van der Waals surface area contributed by atoms with Gasteiger partial charge in [0, 0.05) is 13.1 Å². The smallest absolute Gasteiger partial charge is 0.337 e. The molecule has 154 valence electrons. The van der Waals surface area contributed by atoms with Crippen molar-refractivity contribution in [2.75, 3.05) is 20.2 Å². The van der Waals surface area contributed by atoms with Crippen LogP contribution in [0, 0.1) is 11.8 Å². The summed E-state index contributed by atoms with van der Waals surface area (Å²) in [6.07, 6.45) is 0.803. The van der Waals surface area contributed by atoms with Gasteiger partial charge in [-0.05, 0) is 65.3 Å². The Bertz CT molecular complexity index is 868. The van der Waals surface area contributed by atoms with Crippen molar-refractivity contribution in [3.05, 3.63) is 52.2 Å². The predicted octanol–water partition coefficient (Wildman–Crippen LogP) is 2.75. The molecular formula is C22H25NO5S. The molecule has 4 atom stereocenters. The number of carbonyl (C=O) groups is 2. The van der Waals surface area contributed by atoms with Crippen LogP contribution in [0.5, 0.6) is 5.75 Å². The molecule has 1 saturated heterocycles. The maximum Gasteiger partial charge on any atom is 0.337 e. The lowest BCUT2D eigenvalue weighted by molar-refractivity contribution is -0.129. The van der Waals surface area contributed by atoms with E-state index in [4.69, 9.17) is 9.47 Å². The lowest BCUT2D eigenvalue weighted by atomic mass is 9.78. The van der Waals surface area contributed by atoms with Crippen LogP contribution >= 0.6 is 11.3 Å². The summed E-state index contributed by atoms with van der Waals surface area (Å²) in [6, 6.07) is 8.80. The Labute approximate surface area is 174 Å². The average Bonchev–Trinajstić information content (AvgIpc) is 3.37. The number of hydrogen-bond donors (Lipinski definition) is 1. The normalized spacial score (nSPS) is 26.1. The zero-order valence-electron chi connectivity index (χ0n) is 16.3. The lowest BCUT2D eigenvalue weighted by Crippen LogP contribution is -2.42. The van der Waals surface area contributed by atoms with Gasteiger partial charge in [-0.1, -0.05) is 6.07 Å². The van der Waals surface area contributed by atoms with Crippen LogP contribution in [0.4, 0.5) is 0 Å². The van der Waals surface area contributed by atoms with Crippen molar-refractivity contribution in [2.24, 2.45) is 11.8 Å². The number of esters is 1. The van der Waals surface area contributed by atoms with Crippen LogP contribution in [0.2, 0.25) is 0 Å².